The van der Waals surface area contributed by atoms with E-state index >= 15 is 0 Å². The van der Waals surface area contributed by atoms with Crippen LogP contribution in [0.25, 0.3) is 10.6 Å². The van der Waals surface area contributed by atoms with Crippen molar-refractivity contribution in [3.63, 3.8) is 0 Å². The zero-order chi connectivity index (χ0) is 22.5. The summed E-state index contributed by atoms with van der Waals surface area (Å²) in [5.41, 5.74) is 2.16. The van der Waals surface area contributed by atoms with Gasteiger partial charge >= 0.3 is 5.97 Å². The summed E-state index contributed by atoms with van der Waals surface area (Å²) in [7, 11) is 0. The van der Waals surface area contributed by atoms with Gasteiger partial charge in [-0.05, 0) is 37.3 Å². The molecule has 3 aromatic heterocycles. The Balaban J connectivity index is 1.30. The molecule has 3 heterocycles. The van der Waals surface area contributed by atoms with E-state index in [9.17, 15) is 14.4 Å². The van der Waals surface area contributed by atoms with Gasteiger partial charge in [0.15, 0.2) is 10.7 Å². The highest BCUT2D eigenvalue weighted by molar-refractivity contribution is 7.99. The van der Waals surface area contributed by atoms with Gasteiger partial charge < -0.3 is 10.1 Å². The Labute approximate surface area is 191 Å². The van der Waals surface area contributed by atoms with E-state index in [0.29, 0.717) is 22.1 Å². The Bertz CT molecular complexity index is 1310. The molecule has 4 aromatic rings. The first-order valence-electron chi connectivity index (χ1n) is 9.70. The molecule has 1 N–H and O–H groups in total. The third-order valence-corrected chi connectivity index (χ3v) is 6.05. The number of esters is 1. The van der Waals surface area contributed by atoms with Crippen molar-refractivity contribution < 1.29 is 14.3 Å². The summed E-state index contributed by atoms with van der Waals surface area (Å²) in [6.07, 6.45) is 3.36. The van der Waals surface area contributed by atoms with Crippen LogP contribution in [0.3, 0.4) is 0 Å². The largest absolute Gasteiger partial charge is 0.461 e. The fraction of sp³-hybridized carbons (Fsp3) is 0.190. The predicted octanol–water partition coefficient (Wildman–Crippen LogP) is 2.99. The van der Waals surface area contributed by atoms with Crippen molar-refractivity contribution >= 4 is 45.6 Å². The van der Waals surface area contributed by atoms with Gasteiger partial charge in [-0.1, -0.05) is 0 Å². The van der Waals surface area contributed by atoms with Crippen LogP contribution in [0.15, 0.2) is 59.0 Å². The number of nitrogens with zero attached hydrogens (tertiary/aromatic N) is 4. The Kier molecular flexibility index (Phi) is 6.66. The van der Waals surface area contributed by atoms with Crippen molar-refractivity contribution in [2.24, 2.45) is 0 Å². The van der Waals surface area contributed by atoms with Crippen LogP contribution in [0.4, 0.5) is 5.69 Å². The van der Waals surface area contributed by atoms with E-state index in [1.165, 1.54) is 33.6 Å². The number of ether oxygens (including phenoxy) is 1. The van der Waals surface area contributed by atoms with Gasteiger partial charge in [-0.2, -0.15) is 5.10 Å². The average Bonchev–Trinajstić information content (AvgIpc) is 3.45. The van der Waals surface area contributed by atoms with Crippen LogP contribution in [0, 0.1) is 0 Å². The standard InChI is InChI=1S/C21H19N5O4S2/c1-2-30-20(29)17-7-8-26(24-17)16-5-3-14(4-6-16)22-18(27)13-31-12-15-11-19(28)25-9-10-32-21(25)23-15/h3-11H,2,12-13H2,1H3,(H,22,27). The van der Waals surface area contributed by atoms with Crippen molar-refractivity contribution in [1.29, 1.82) is 0 Å². The molecule has 1 aromatic carbocycles. The van der Waals surface area contributed by atoms with Gasteiger partial charge in [-0.25, -0.2) is 14.5 Å². The maximum absolute atomic E-state index is 12.3. The molecular weight excluding hydrogens is 450 g/mol. The zero-order valence-corrected chi connectivity index (χ0v) is 18.7. The highest BCUT2D eigenvalue weighted by Crippen LogP contribution is 2.16. The number of carbonyl (C=O) groups excluding carboxylic acids is 2. The summed E-state index contributed by atoms with van der Waals surface area (Å²) in [6, 6.07) is 10.2. The van der Waals surface area contributed by atoms with Gasteiger partial charge in [-0.3, -0.25) is 14.0 Å². The minimum absolute atomic E-state index is 0.122. The molecule has 164 valence electrons. The third-order valence-electron chi connectivity index (χ3n) is 4.33. The Morgan fingerprint density at radius 2 is 2.00 bits per heavy atom. The summed E-state index contributed by atoms with van der Waals surface area (Å²) in [6.45, 7) is 2.03. The van der Waals surface area contributed by atoms with Gasteiger partial charge in [0, 0.05) is 35.3 Å². The van der Waals surface area contributed by atoms with Crippen molar-refractivity contribution in [3.8, 4) is 5.69 Å². The molecule has 0 saturated heterocycles. The van der Waals surface area contributed by atoms with Crippen molar-refractivity contribution in [3.05, 3.63) is 75.9 Å². The van der Waals surface area contributed by atoms with Crippen molar-refractivity contribution in [1.82, 2.24) is 19.2 Å². The number of thiazole rings is 1. The molecule has 0 bridgehead atoms. The molecule has 0 fully saturated rings. The van der Waals surface area contributed by atoms with E-state index in [1.807, 2.05) is 5.38 Å². The van der Waals surface area contributed by atoms with Crippen LogP contribution in [0.2, 0.25) is 0 Å². The first-order valence-corrected chi connectivity index (χ1v) is 11.7. The molecule has 4 rings (SSSR count). The Morgan fingerprint density at radius 1 is 1.19 bits per heavy atom. The molecule has 0 aliphatic rings. The second-order valence-corrected chi connectivity index (χ2v) is 8.45. The number of carbonyl (C=O) groups is 2. The van der Waals surface area contributed by atoms with E-state index in [1.54, 1.807) is 54.3 Å². The first kappa shape index (κ1) is 21.8. The van der Waals surface area contributed by atoms with Gasteiger partial charge in [0.25, 0.3) is 5.56 Å². The summed E-state index contributed by atoms with van der Waals surface area (Å²) in [4.78, 5) is 41.1. The van der Waals surface area contributed by atoms with Gasteiger partial charge in [0.05, 0.1) is 23.7 Å². The fourth-order valence-electron chi connectivity index (χ4n) is 2.89. The van der Waals surface area contributed by atoms with E-state index < -0.39 is 5.97 Å². The first-order chi connectivity index (χ1) is 15.5. The van der Waals surface area contributed by atoms with Crippen LogP contribution in [0.5, 0.6) is 0 Å². The number of thioether (sulfide) groups is 1. The number of fused-ring (bicyclic) bond motifs is 1. The number of aromatic nitrogens is 4. The lowest BCUT2D eigenvalue weighted by atomic mass is 10.3. The van der Waals surface area contributed by atoms with Crippen LogP contribution >= 0.6 is 23.1 Å². The Morgan fingerprint density at radius 3 is 2.78 bits per heavy atom. The predicted molar refractivity (Wildman–Crippen MR) is 124 cm³/mol. The van der Waals surface area contributed by atoms with Crippen molar-refractivity contribution in [2.45, 2.75) is 12.7 Å². The molecule has 0 radical (unpaired) electrons. The number of nitrogens with one attached hydrogen (secondary N) is 1. The second kappa shape index (κ2) is 9.79. The minimum Gasteiger partial charge on any atom is -0.461 e. The third kappa shape index (κ3) is 5.06. The van der Waals surface area contributed by atoms with Crippen LogP contribution < -0.4 is 10.9 Å². The number of anilines is 1. The summed E-state index contributed by atoms with van der Waals surface area (Å²) in [5.74, 6) is 0.0802. The quantitative estimate of drug-likeness (QED) is 0.395. The Hall–Kier alpha value is -3.44. The molecule has 0 aliphatic heterocycles. The molecule has 32 heavy (non-hydrogen) atoms. The molecule has 11 heteroatoms. The lowest BCUT2D eigenvalue weighted by Gasteiger charge is -2.07. The van der Waals surface area contributed by atoms with E-state index in [-0.39, 0.29) is 29.5 Å². The smallest absolute Gasteiger partial charge is 0.358 e. The number of benzene rings is 1. The molecule has 0 aliphatic carbocycles. The minimum atomic E-state index is -0.469. The van der Waals surface area contributed by atoms with Crippen molar-refractivity contribution in [2.75, 3.05) is 17.7 Å². The van der Waals surface area contributed by atoms with Gasteiger partial charge in [0.1, 0.15) is 0 Å². The summed E-state index contributed by atoms with van der Waals surface area (Å²) < 4.78 is 8.00. The number of rotatable bonds is 8. The number of hydrogen-bond donors (Lipinski definition) is 1. The molecule has 9 nitrogen and oxygen atoms in total. The normalized spacial score (nSPS) is 10.9. The molecule has 0 spiro atoms. The monoisotopic (exact) mass is 469 g/mol. The molecule has 0 unspecified atom stereocenters. The molecule has 0 saturated carbocycles. The highest BCUT2D eigenvalue weighted by atomic mass is 32.2. The second-order valence-electron chi connectivity index (χ2n) is 6.60. The highest BCUT2D eigenvalue weighted by Gasteiger charge is 2.11. The average molecular weight is 470 g/mol. The number of amides is 1. The summed E-state index contributed by atoms with van der Waals surface area (Å²) in [5, 5.41) is 8.85. The van der Waals surface area contributed by atoms with Gasteiger partial charge in [0.2, 0.25) is 5.91 Å². The molecular formula is C21H19N5O4S2. The van der Waals surface area contributed by atoms with Crippen LogP contribution in [-0.2, 0) is 15.3 Å². The number of hydrogen-bond acceptors (Lipinski definition) is 8. The lowest BCUT2D eigenvalue weighted by molar-refractivity contribution is -0.113. The molecule has 0 atom stereocenters. The fourth-order valence-corrected chi connectivity index (χ4v) is 4.34. The van der Waals surface area contributed by atoms with Crippen LogP contribution in [0.1, 0.15) is 23.1 Å². The topological polar surface area (TPSA) is 108 Å². The van der Waals surface area contributed by atoms with E-state index in [0.717, 1.165) is 5.69 Å². The maximum Gasteiger partial charge on any atom is 0.358 e. The summed E-state index contributed by atoms with van der Waals surface area (Å²) >= 11 is 2.78. The lowest BCUT2D eigenvalue weighted by Crippen LogP contribution is -2.15. The van der Waals surface area contributed by atoms with Gasteiger partial charge in [-0.15, -0.1) is 23.1 Å². The maximum atomic E-state index is 12.3. The SMILES string of the molecule is CCOC(=O)c1ccn(-c2ccc(NC(=O)CSCc3cc(=O)n4ccsc4n3)cc2)n1. The van der Waals surface area contributed by atoms with E-state index in [4.69, 9.17) is 4.74 Å². The molecule has 1 amide bonds. The van der Waals surface area contributed by atoms with E-state index in [2.05, 4.69) is 15.4 Å². The zero-order valence-electron chi connectivity index (χ0n) is 17.1. The van der Waals surface area contributed by atoms with Crippen LogP contribution in [-0.4, -0.2) is 43.4 Å².